The van der Waals surface area contributed by atoms with Crippen molar-refractivity contribution in [2.24, 2.45) is 0 Å². The van der Waals surface area contributed by atoms with Crippen molar-refractivity contribution in [3.63, 3.8) is 0 Å². The van der Waals surface area contributed by atoms with Gasteiger partial charge < -0.3 is 24.2 Å². The highest BCUT2D eigenvalue weighted by molar-refractivity contribution is 5.68. The first kappa shape index (κ1) is 28.4. The molecule has 1 atom stereocenters. The van der Waals surface area contributed by atoms with Crippen LogP contribution in [0.15, 0.2) is 54.7 Å². The van der Waals surface area contributed by atoms with Crippen LogP contribution in [0, 0.1) is 5.82 Å². The molecule has 3 heterocycles. The Morgan fingerprint density at radius 3 is 2.41 bits per heavy atom. The lowest BCUT2D eigenvalue weighted by molar-refractivity contribution is -0.139. The summed E-state index contributed by atoms with van der Waals surface area (Å²) in [7, 11) is 0. The van der Waals surface area contributed by atoms with Gasteiger partial charge in [0.2, 0.25) is 0 Å². The van der Waals surface area contributed by atoms with E-state index in [2.05, 4.69) is 0 Å². The Morgan fingerprint density at radius 1 is 1.00 bits per heavy atom. The van der Waals surface area contributed by atoms with Gasteiger partial charge in [-0.1, -0.05) is 30.3 Å². The summed E-state index contributed by atoms with van der Waals surface area (Å²) in [6, 6.07) is 11.9. The van der Waals surface area contributed by atoms with Crippen molar-refractivity contribution >= 4 is 12.2 Å². The fourth-order valence-electron chi connectivity index (χ4n) is 5.53. The number of benzene rings is 2. The summed E-state index contributed by atoms with van der Waals surface area (Å²) in [6.07, 6.45) is -2.28. The summed E-state index contributed by atoms with van der Waals surface area (Å²) in [5.74, 6) is -0.881. The van der Waals surface area contributed by atoms with E-state index in [9.17, 15) is 32.3 Å². The minimum Gasteiger partial charge on any atom is -0.465 e. The highest BCUT2D eigenvalue weighted by Gasteiger charge is 2.35. The van der Waals surface area contributed by atoms with E-state index in [1.54, 1.807) is 11.1 Å². The van der Waals surface area contributed by atoms with Crippen molar-refractivity contribution in [3.05, 3.63) is 77.5 Å². The molecule has 3 aromatic rings. The Labute approximate surface area is 234 Å². The SMILES string of the molecule is O=C(O)N1CCC(c2nc(-c3ccc(F)c(C(F)(F)F)c3)cn2[C@@H]2CCCN(C(=O)OCc3ccccc3)C2)CC1. The van der Waals surface area contributed by atoms with Crippen LogP contribution in [0.2, 0.25) is 0 Å². The Hall–Kier alpha value is -4.09. The number of alkyl halides is 3. The molecule has 0 saturated carbocycles. The third-order valence-electron chi connectivity index (χ3n) is 7.71. The lowest BCUT2D eigenvalue weighted by Crippen LogP contribution is -2.42. The monoisotopic (exact) mass is 574 g/mol. The van der Waals surface area contributed by atoms with Crippen LogP contribution in [0.5, 0.6) is 0 Å². The standard InChI is InChI=1S/C29H30F4N4O4/c30-24-9-8-21(15-23(24)29(31,32)33)25-17-37(26(34-25)20-10-13-35(14-11-20)27(38)39)22-7-4-12-36(16-22)28(40)41-18-19-5-2-1-3-6-19/h1-3,5-6,8-9,15,17,20,22H,4,7,10-14,16,18H2,(H,38,39)/t22-/m1/s1. The van der Waals surface area contributed by atoms with Crippen molar-refractivity contribution in [1.29, 1.82) is 0 Å². The Balaban J connectivity index is 1.41. The third kappa shape index (κ3) is 6.47. The van der Waals surface area contributed by atoms with Crippen molar-refractivity contribution in [2.45, 2.75) is 50.4 Å². The van der Waals surface area contributed by atoms with E-state index in [1.807, 2.05) is 34.9 Å². The average molecular weight is 575 g/mol. The van der Waals surface area contributed by atoms with Gasteiger partial charge in [-0.05, 0) is 49.4 Å². The molecule has 5 rings (SSSR count). The van der Waals surface area contributed by atoms with Crippen molar-refractivity contribution in [2.75, 3.05) is 26.2 Å². The van der Waals surface area contributed by atoms with Crippen LogP contribution < -0.4 is 0 Å². The highest BCUT2D eigenvalue weighted by atomic mass is 19.4. The number of hydrogen-bond donors (Lipinski definition) is 1. The van der Waals surface area contributed by atoms with Gasteiger partial charge in [-0.15, -0.1) is 0 Å². The van der Waals surface area contributed by atoms with E-state index < -0.39 is 29.7 Å². The summed E-state index contributed by atoms with van der Waals surface area (Å²) >= 11 is 0. The van der Waals surface area contributed by atoms with E-state index in [-0.39, 0.29) is 29.8 Å². The maximum Gasteiger partial charge on any atom is 0.419 e. The van der Waals surface area contributed by atoms with Gasteiger partial charge in [-0.2, -0.15) is 13.2 Å². The number of imidazole rings is 1. The molecule has 1 aromatic heterocycles. The van der Waals surface area contributed by atoms with Crippen LogP contribution in [0.25, 0.3) is 11.3 Å². The van der Waals surface area contributed by atoms with E-state index in [0.29, 0.717) is 57.7 Å². The molecule has 0 aliphatic carbocycles. The molecule has 0 spiro atoms. The van der Waals surface area contributed by atoms with Crippen LogP contribution >= 0.6 is 0 Å². The van der Waals surface area contributed by atoms with Gasteiger partial charge in [0.15, 0.2) is 0 Å². The molecular formula is C29H30F4N4O4. The lowest BCUT2D eigenvalue weighted by Gasteiger charge is -2.35. The fraction of sp³-hybridized carbons (Fsp3) is 0.414. The predicted molar refractivity (Wildman–Crippen MR) is 141 cm³/mol. The van der Waals surface area contributed by atoms with Gasteiger partial charge in [0.25, 0.3) is 0 Å². The number of rotatable bonds is 5. The number of carbonyl (C=O) groups excluding carboxylic acids is 1. The van der Waals surface area contributed by atoms with E-state index >= 15 is 0 Å². The van der Waals surface area contributed by atoms with Gasteiger partial charge in [-0.25, -0.2) is 19.0 Å². The normalized spacial score (nSPS) is 18.4. The Morgan fingerprint density at radius 2 is 1.73 bits per heavy atom. The topological polar surface area (TPSA) is 87.9 Å². The summed E-state index contributed by atoms with van der Waals surface area (Å²) in [6.45, 7) is 1.57. The molecule has 1 N–H and O–H groups in total. The minimum absolute atomic E-state index is 0.122. The highest BCUT2D eigenvalue weighted by Crippen LogP contribution is 2.37. The molecule has 2 aliphatic rings. The largest absolute Gasteiger partial charge is 0.465 e. The van der Waals surface area contributed by atoms with E-state index in [0.717, 1.165) is 17.7 Å². The second kappa shape index (κ2) is 11.8. The number of nitrogens with zero attached hydrogens (tertiary/aromatic N) is 4. The number of aromatic nitrogens is 2. The fourth-order valence-corrected chi connectivity index (χ4v) is 5.53. The smallest absolute Gasteiger partial charge is 0.419 e. The zero-order valence-electron chi connectivity index (χ0n) is 22.2. The molecule has 2 fully saturated rings. The third-order valence-corrected chi connectivity index (χ3v) is 7.71. The summed E-state index contributed by atoms with van der Waals surface area (Å²) in [5.41, 5.74) is -0.126. The number of halogens is 4. The molecule has 12 heteroatoms. The molecular weight excluding hydrogens is 544 g/mol. The first-order chi connectivity index (χ1) is 19.6. The average Bonchev–Trinajstić information content (AvgIpc) is 3.42. The number of hydrogen-bond acceptors (Lipinski definition) is 4. The minimum atomic E-state index is -4.86. The lowest BCUT2D eigenvalue weighted by atomic mass is 9.95. The molecule has 2 aromatic carbocycles. The number of carboxylic acid groups (broad SMARTS) is 1. The molecule has 218 valence electrons. The van der Waals surface area contributed by atoms with E-state index in [1.165, 1.54) is 11.0 Å². The molecule has 2 saturated heterocycles. The number of piperidine rings is 2. The number of carbonyl (C=O) groups is 2. The maximum atomic E-state index is 14.0. The molecule has 2 aliphatic heterocycles. The molecule has 41 heavy (non-hydrogen) atoms. The van der Waals surface area contributed by atoms with Gasteiger partial charge in [0, 0.05) is 43.9 Å². The molecule has 2 amide bonds. The molecule has 0 radical (unpaired) electrons. The molecule has 8 nitrogen and oxygen atoms in total. The number of amides is 2. The van der Waals surface area contributed by atoms with Crippen molar-refractivity contribution in [3.8, 4) is 11.3 Å². The van der Waals surface area contributed by atoms with Crippen molar-refractivity contribution in [1.82, 2.24) is 19.4 Å². The number of likely N-dealkylation sites (tertiary alicyclic amines) is 2. The van der Waals surface area contributed by atoms with Crippen LogP contribution in [-0.4, -0.2) is 62.8 Å². The van der Waals surface area contributed by atoms with Crippen LogP contribution in [0.4, 0.5) is 27.2 Å². The zero-order chi connectivity index (χ0) is 29.1. The maximum absolute atomic E-state index is 14.0. The molecule has 0 bridgehead atoms. The second-order valence-electron chi connectivity index (χ2n) is 10.4. The molecule has 0 unspecified atom stereocenters. The predicted octanol–water partition coefficient (Wildman–Crippen LogP) is 6.54. The quantitative estimate of drug-likeness (QED) is 0.350. The number of ether oxygens (including phenoxy) is 1. The zero-order valence-corrected chi connectivity index (χ0v) is 22.2. The van der Waals surface area contributed by atoms with Gasteiger partial charge >= 0.3 is 18.4 Å². The first-order valence-corrected chi connectivity index (χ1v) is 13.5. The summed E-state index contributed by atoms with van der Waals surface area (Å²) < 4.78 is 61.7. The van der Waals surface area contributed by atoms with Crippen LogP contribution in [-0.2, 0) is 17.5 Å². The van der Waals surface area contributed by atoms with Crippen LogP contribution in [0.3, 0.4) is 0 Å². The van der Waals surface area contributed by atoms with Gasteiger partial charge in [-0.3, -0.25) is 0 Å². The Kier molecular flexibility index (Phi) is 8.18. The van der Waals surface area contributed by atoms with Gasteiger partial charge in [0.1, 0.15) is 18.2 Å². The van der Waals surface area contributed by atoms with Gasteiger partial charge in [0.05, 0.1) is 17.3 Å². The Bertz CT molecular complexity index is 1390. The summed E-state index contributed by atoms with van der Waals surface area (Å²) in [5, 5.41) is 9.35. The van der Waals surface area contributed by atoms with E-state index in [4.69, 9.17) is 9.72 Å². The van der Waals surface area contributed by atoms with Crippen LogP contribution in [0.1, 0.15) is 54.6 Å². The van der Waals surface area contributed by atoms with Crippen molar-refractivity contribution < 1.29 is 37.0 Å². The first-order valence-electron chi connectivity index (χ1n) is 13.5. The summed E-state index contributed by atoms with van der Waals surface area (Å²) in [4.78, 5) is 32.0. The second-order valence-corrected chi connectivity index (χ2v) is 10.4.